The Kier molecular flexibility index (Phi) is 9.14. The van der Waals surface area contributed by atoms with E-state index in [1.807, 2.05) is 6.92 Å². The van der Waals surface area contributed by atoms with Crippen molar-refractivity contribution in [3.05, 3.63) is 0 Å². The molecule has 0 spiro atoms. The van der Waals surface area contributed by atoms with E-state index in [0.29, 0.717) is 42.4 Å². The van der Waals surface area contributed by atoms with E-state index in [1.165, 1.54) is 51.2 Å². The lowest BCUT2D eigenvalue weighted by Crippen LogP contribution is -2.57. The number of carbonyl (C=O) groups is 1. The lowest BCUT2D eigenvalue weighted by Gasteiger charge is -2.50. The highest BCUT2D eigenvalue weighted by Crippen LogP contribution is 2.76. The summed E-state index contributed by atoms with van der Waals surface area (Å²) in [5.41, 5.74) is -0.239. The van der Waals surface area contributed by atoms with Gasteiger partial charge in [0.2, 0.25) is 0 Å². The number of fused-ring (bicyclic) bond motifs is 1. The summed E-state index contributed by atoms with van der Waals surface area (Å²) in [6.45, 7) is 6.53. The standard InChI is InChI=1S/C33H53NO5/c1-19-8-7-11-25-29(19)33(25,26-14-20(2)30(36)32(38)31(26)37)28-17-24(21(3)27(39-28)12-13-34)16-23(18-35)15-22-9-5-4-6-10-22/h18-32,36-38H,4-12,14-17H2,1-3H3. The highest BCUT2D eigenvalue weighted by atomic mass is 16.5. The molecule has 0 radical (unpaired) electrons. The van der Waals surface area contributed by atoms with Crippen LogP contribution in [0.3, 0.4) is 0 Å². The van der Waals surface area contributed by atoms with Crippen LogP contribution in [0.15, 0.2) is 0 Å². The van der Waals surface area contributed by atoms with E-state index in [9.17, 15) is 25.4 Å². The van der Waals surface area contributed by atoms with Crippen molar-refractivity contribution in [2.24, 2.45) is 58.7 Å². The van der Waals surface area contributed by atoms with E-state index >= 15 is 0 Å². The molecule has 0 aromatic rings. The minimum atomic E-state index is -1.14. The molecule has 3 N–H and O–H groups in total. The number of nitrogens with zero attached hydrogens (tertiary/aromatic N) is 1. The minimum absolute atomic E-state index is 0.0515. The largest absolute Gasteiger partial charge is 0.390 e. The summed E-state index contributed by atoms with van der Waals surface area (Å²) >= 11 is 0. The lowest BCUT2D eigenvalue weighted by molar-refractivity contribution is -0.193. The van der Waals surface area contributed by atoms with Crippen molar-refractivity contribution in [2.75, 3.05) is 0 Å². The maximum Gasteiger partial charge on any atom is 0.123 e. The molecule has 39 heavy (non-hydrogen) atoms. The second-order valence-electron chi connectivity index (χ2n) is 14.6. The molecule has 0 aromatic carbocycles. The van der Waals surface area contributed by atoms with Gasteiger partial charge in [0.05, 0.1) is 36.9 Å². The number of aliphatic hydroxyl groups is 3. The highest BCUT2D eigenvalue weighted by molar-refractivity contribution is 5.53. The SMILES string of the molecule is CC1CC(C2(C3CC(CC(C=O)CC4CCCCC4)C(C)C(CC#N)O3)C3CCCC(C)C32)C(O)C(O)C1O. The molecule has 5 rings (SSSR count). The van der Waals surface area contributed by atoms with Crippen LogP contribution in [0.2, 0.25) is 0 Å². The van der Waals surface area contributed by atoms with Crippen molar-refractivity contribution in [2.45, 2.75) is 135 Å². The molecule has 14 unspecified atom stereocenters. The van der Waals surface area contributed by atoms with Gasteiger partial charge in [0, 0.05) is 11.3 Å². The molecular formula is C33H53NO5. The van der Waals surface area contributed by atoms with Gasteiger partial charge in [0.25, 0.3) is 0 Å². The van der Waals surface area contributed by atoms with Gasteiger partial charge < -0.3 is 24.9 Å². The zero-order valence-corrected chi connectivity index (χ0v) is 24.5. The fourth-order valence-electron chi connectivity index (χ4n) is 10.5. The first-order valence-corrected chi connectivity index (χ1v) is 16.3. The van der Waals surface area contributed by atoms with E-state index in [4.69, 9.17) is 4.74 Å². The number of aldehydes is 1. The highest BCUT2D eigenvalue weighted by Gasteiger charge is 2.75. The number of hydrogen-bond acceptors (Lipinski definition) is 6. The van der Waals surface area contributed by atoms with Gasteiger partial charge in [-0.2, -0.15) is 5.26 Å². The monoisotopic (exact) mass is 543 g/mol. The number of aliphatic hydroxyl groups excluding tert-OH is 3. The summed E-state index contributed by atoms with van der Waals surface area (Å²) in [6.07, 6.45) is 11.4. The molecule has 0 aromatic heterocycles. The molecule has 0 amide bonds. The summed E-state index contributed by atoms with van der Waals surface area (Å²) in [5, 5.41) is 42.6. The molecule has 5 aliphatic rings. The van der Waals surface area contributed by atoms with Gasteiger partial charge in [-0.05, 0) is 79.4 Å². The molecular weight excluding hydrogens is 490 g/mol. The Balaban J connectivity index is 1.43. The van der Waals surface area contributed by atoms with E-state index in [0.717, 1.165) is 25.7 Å². The summed E-state index contributed by atoms with van der Waals surface area (Å²) < 4.78 is 6.93. The molecule has 4 saturated carbocycles. The van der Waals surface area contributed by atoms with Gasteiger partial charge in [-0.3, -0.25) is 0 Å². The predicted molar refractivity (Wildman–Crippen MR) is 149 cm³/mol. The van der Waals surface area contributed by atoms with Crippen LogP contribution in [0.25, 0.3) is 0 Å². The fourth-order valence-corrected chi connectivity index (χ4v) is 10.5. The third kappa shape index (κ3) is 5.36. The average molecular weight is 544 g/mol. The molecule has 6 heteroatoms. The first-order valence-electron chi connectivity index (χ1n) is 16.3. The number of ether oxygens (including phenoxy) is 1. The van der Waals surface area contributed by atoms with Gasteiger partial charge in [-0.1, -0.05) is 65.7 Å². The summed E-state index contributed by atoms with van der Waals surface area (Å²) in [7, 11) is 0. The topological polar surface area (TPSA) is 111 Å². The zero-order valence-electron chi connectivity index (χ0n) is 24.5. The Labute approximate surface area is 235 Å². The van der Waals surface area contributed by atoms with Crippen LogP contribution >= 0.6 is 0 Å². The Morgan fingerprint density at radius 1 is 0.897 bits per heavy atom. The summed E-state index contributed by atoms with van der Waals surface area (Å²) in [6, 6.07) is 2.38. The van der Waals surface area contributed by atoms with Gasteiger partial charge in [0.15, 0.2) is 0 Å². The number of carbonyl (C=O) groups excluding carboxylic acids is 1. The Morgan fingerprint density at radius 2 is 1.64 bits per heavy atom. The van der Waals surface area contributed by atoms with Crippen molar-refractivity contribution in [3.8, 4) is 6.07 Å². The molecule has 1 aliphatic heterocycles. The third-order valence-electron chi connectivity index (χ3n) is 12.5. The number of hydrogen-bond donors (Lipinski definition) is 3. The molecule has 6 nitrogen and oxygen atoms in total. The van der Waals surface area contributed by atoms with Crippen molar-refractivity contribution in [3.63, 3.8) is 0 Å². The van der Waals surface area contributed by atoms with Crippen molar-refractivity contribution in [1.82, 2.24) is 0 Å². The van der Waals surface area contributed by atoms with Crippen LogP contribution in [-0.4, -0.2) is 52.1 Å². The van der Waals surface area contributed by atoms with E-state index in [1.54, 1.807) is 0 Å². The Hall–Kier alpha value is -1.00. The van der Waals surface area contributed by atoms with E-state index < -0.39 is 18.3 Å². The van der Waals surface area contributed by atoms with Crippen molar-refractivity contribution < 1.29 is 24.9 Å². The summed E-state index contributed by atoms with van der Waals surface area (Å²) in [5.74, 6) is 2.39. The van der Waals surface area contributed by atoms with Gasteiger partial charge >= 0.3 is 0 Å². The smallest absolute Gasteiger partial charge is 0.123 e. The second kappa shape index (κ2) is 12.1. The van der Waals surface area contributed by atoms with Crippen LogP contribution in [0.5, 0.6) is 0 Å². The summed E-state index contributed by atoms with van der Waals surface area (Å²) in [4.78, 5) is 12.3. The van der Waals surface area contributed by atoms with Crippen LogP contribution in [0, 0.1) is 70.0 Å². The van der Waals surface area contributed by atoms with Gasteiger partial charge in [-0.25, -0.2) is 0 Å². The first-order chi connectivity index (χ1) is 18.7. The normalized spacial score (nSPS) is 49.5. The van der Waals surface area contributed by atoms with Crippen LogP contribution < -0.4 is 0 Å². The fraction of sp³-hybridized carbons (Fsp3) is 0.939. The van der Waals surface area contributed by atoms with Gasteiger partial charge in [0.1, 0.15) is 12.4 Å². The molecule has 4 aliphatic carbocycles. The van der Waals surface area contributed by atoms with E-state index in [-0.39, 0.29) is 41.3 Å². The molecule has 14 atom stereocenters. The van der Waals surface area contributed by atoms with Gasteiger partial charge in [-0.15, -0.1) is 0 Å². The average Bonchev–Trinajstić information content (AvgIpc) is 3.62. The quantitative estimate of drug-likeness (QED) is 0.360. The molecule has 1 heterocycles. The van der Waals surface area contributed by atoms with E-state index in [2.05, 4.69) is 19.9 Å². The predicted octanol–water partition coefficient (Wildman–Crippen LogP) is 5.28. The van der Waals surface area contributed by atoms with Crippen molar-refractivity contribution in [1.29, 1.82) is 5.26 Å². The maximum atomic E-state index is 12.3. The number of rotatable bonds is 8. The first kappa shape index (κ1) is 29.5. The Morgan fingerprint density at radius 3 is 2.31 bits per heavy atom. The minimum Gasteiger partial charge on any atom is -0.390 e. The zero-order chi connectivity index (χ0) is 27.9. The molecule has 5 fully saturated rings. The lowest BCUT2D eigenvalue weighted by atomic mass is 9.63. The number of nitriles is 1. The van der Waals surface area contributed by atoms with Crippen LogP contribution in [0.1, 0.15) is 104 Å². The molecule has 1 saturated heterocycles. The van der Waals surface area contributed by atoms with Crippen molar-refractivity contribution >= 4 is 6.29 Å². The maximum absolute atomic E-state index is 12.3. The Bertz CT molecular complexity index is 884. The van der Waals surface area contributed by atoms with Crippen LogP contribution in [0.4, 0.5) is 0 Å². The molecule has 0 bridgehead atoms. The second-order valence-corrected chi connectivity index (χ2v) is 14.6. The third-order valence-corrected chi connectivity index (χ3v) is 12.5. The van der Waals surface area contributed by atoms with Crippen LogP contribution in [-0.2, 0) is 9.53 Å². The molecule has 220 valence electrons.